The van der Waals surface area contributed by atoms with E-state index in [2.05, 4.69) is 5.92 Å². The second-order valence-corrected chi connectivity index (χ2v) is 4.74. The molecule has 0 spiro atoms. The van der Waals surface area contributed by atoms with Gasteiger partial charge in [-0.1, -0.05) is 5.92 Å². The van der Waals surface area contributed by atoms with Crippen LogP contribution in [0.5, 0.6) is 5.75 Å². The fraction of sp³-hybridized carbons (Fsp3) is 0.294. The summed E-state index contributed by atoms with van der Waals surface area (Å²) >= 11 is 0. The lowest BCUT2D eigenvalue weighted by Crippen LogP contribution is -2.38. The first-order chi connectivity index (χ1) is 11.6. The Bertz CT molecular complexity index is 731. The molecular formula is C17H17NO6. The molecule has 0 bridgehead atoms. The summed E-state index contributed by atoms with van der Waals surface area (Å²) in [5.41, 5.74) is 1.20. The molecule has 0 radical (unpaired) electrons. The van der Waals surface area contributed by atoms with Crippen LogP contribution in [0.3, 0.4) is 0 Å². The van der Waals surface area contributed by atoms with E-state index in [0.717, 1.165) is 0 Å². The van der Waals surface area contributed by atoms with Gasteiger partial charge in [-0.3, -0.25) is 0 Å². The van der Waals surface area contributed by atoms with Gasteiger partial charge in [0.1, 0.15) is 18.2 Å². The van der Waals surface area contributed by atoms with Crippen molar-refractivity contribution in [3.8, 4) is 18.1 Å². The number of ether oxygens (including phenoxy) is 4. The number of terminal acetylenes is 1. The van der Waals surface area contributed by atoms with Crippen LogP contribution in [-0.2, 0) is 23.8 Å². The van der Waals surface area contributed by atoms with Crippen molar-refractivity contribution in [2.75, 3.05) is 39.6 Å². The summed E-state index contributed by atoms with van der Waals surface area (Å²) in [7, 11) is 3.97. The van der Waals surface area contributed by atoms with Gasteiger partial charge in [-0.15, -0.1) is 6.42 Å². The number of nitrogens with zero attached hydrogens (tertiary/aromatic N) is 1. The van der Waals surface area contributed by atoms with Gasteiger partial charge in [-0.05, 0) is 18.2 Å². The predicted molar refractivity (Wildman–Crippen MR) is 85.3 cm³/mol. The molecule has 7 heteroatoms. The van der Waals surface area contributed by atoms with Crippen molar-refractivity contribution >= 4 is 17.6 Å². The summed E-state index contributed by atoms with van der Waals surface area (Å²) in [5, 5.41) is 0. The molecule has 0 saturated heterocycles. The molecule has 0 aliphatic carbocycles. The Labute approximate surface area is 139 Å². The molecule has 0 fully saturated rings. The van der Waals surface area contributed by atoms with E-state index in [1.165, 1.54) is 26.2 Å². The van der Waals surface area contributed by atoms with E-state index in [9.17, 15) is 9.59 Å². The molecule has 1 aromatic carbocycles. The highest BCUT2D eigenvalue weighted by molar-refractivity contribution is 6.03. The maximum absolute atomic E-state index is 12.2. The number of carbonyl (C=O) groups is 2. The minimum atomic E-state index is -0.670. The van der Waals surface area contributed by atoms with E-state index >= 15 is 0 Å². The molecular weight excluding hydrogens is 314 g/mol. The van der Waals surface area contributed by atoms with Crippen molar-refractivity contribution < 1.29 is 28.5 Å². The third-order valence-electron chi connectivity index (χ3n) is 3.48. The van der Waals surface area contributed by atoms with Gasteiger partial charge in [0.05, 0.1) is 39.1 Å². The van der Waals surface area contributed by atoms with Crippen molar-refractivity contribution in [1.82, 2.24) is 0 Å². The smallest absolute Gasteiger partial charge is 0.355 e. The van der Waals surface area contributed by atoms with Crippen LogP contribution in [0, 0.1) is 12.3 Å². The lowest BCUT2D eigenvalue weighted by molar-refractivity contribution is -0.140. The molecule has 0 unspecified atom stereocenters. The minimum absolute atomic E-state index is 0.0498. The minimum Gasteiger partial charge on any atom is -0.495 e. The average Bonchev–Trinajstić information content (AvgIpc) is 2.65. The zero-order chi connectivity index (χ0) is 17.7. The van der Waals surface area contributed by atoms with Crippen LogP contribution in [0.15, 0.2) is 29.5 Å². The number of esters is 2. The van der Waals surface area contributed by atoms with Gasteiger partial charge in [-0.2, -0.15) is 0 Å². The van der Waals surface area contributed by atoms with E-state index < -0.39 is 11.9 Å². The maximum Gasteiger partial charge on any atom is 0.355 e. The van der Waals surface area contributed by atoms with E-state index in [-0.39, 0.29) is 24.6 Å². The molecule has 1 aliphatic heterocycles. The van der Waals surface area contributed by atoms with Crippen LogP contribution < -0.4 is 9.64 Å². The molecule has 0 saturated carbocycles. The zero-order valence-corrected chi connectivity index (χ0v) is 13.6. The first-order valence-electron chi connectivity index (χ1n) is 6.97. The molecule has 0 atom stereocenters. The number of anilines is 1. The second kappa shape index (κ2) is 7.53. The summed E-state index contributed by atoms with van der Waals surface area (Å²) in [5.74, 6) is 1.71. The third kappa shape index (κ3) is 3.19. The van der Waals surface area contributed by atoms with Gasteiger partial charge in [-0.25, -0.2) is 9.59 Å². The predicted octanol–water partition coefficient (Wildman–Crippen LogP) is 1.07. The van der Waals surface area contributed by atoms with Gasteiger partial charge in [0, 0.05) is 5.69 Å². The third-order valence-corrected chi connectivity index (χ3v) is 3.48. The van der Waals surface area contributed by atoms with Crippen molar-refractivity contribution in [1.29, 1.82) is 0 Å². The molecule has 126 valence electrons. The van der Waals surface area contributed by atoms with Gasteiger partial charge in [0.25, 0.3) is 0 Å². The number of methoxy groups -OCH3 is 3. The zero-order valence-electron chi connectivity index (χ0n) is 13.6. The lowest BCUT2D eigenvalue weighted by atomic mass is 10.1. The molecule has 1 aliphatic rings. The number of rotatable bonds is 4. The Hall–Kier alpha value is -2.98. The Morgan fingerprint density at radius 1 is 1.21 bits per heavy atom. The second-order valence-electron chi connectivity index (χ2n) is 4.74. The van der Waals surface area contributed by atoms with Crippen LogP contribution >= 0.6 is 0 Å². The molecule has 24 heavy (non-hydrogen) atoms. The largest absolute Gasteiger partial charge is 0.495 e. The quantitative estimate of drug-likeness (QED) is 0.603. The maximum atomic E-state index is 12.2. The van der Waals surface area contributed by atoms with Crippen molar-refractivity contribution in [2.24, 2.45) is 0 Å². The van der Waals surface area contributed by atoms with Crippen molar-refractivity contribution in [3.05, 3.63) is 35.0 Å². The average molecular weight is 331 g/mol. The Kier molecular flexibility index (Phi) is 5.45. The number of hydrogen-bond donors (Lipinski definition) is 0. The van der Waals surface area contributed by atoms with Crippen molar-refractivity contribution in [2.45, 2.75) is 0 Å². The van der Waals surface area contributed by atoms with Crippen LogP contribution in [0.1, 0.15) is 5.56 Å². The molecule has 0 amide bonds. The van der Waals surface area contributed by atoms with E-state index in [0.29, 0.717) is 17.0 Å². The van der Waals surface area contributed by atoms with Gasteiger partial charge in [0.15, 0.2) is 0 Å². The van der Waals surface area contributed by atoms with Gasteiger partial charge < -0.3 is 23.8 Å². The highest BCUT2D eigenvalue weighted by atomic mass is 16.5. The number of carbonyl (C=O) groups excluding carboxylic acids is 2. The normalized spacial score (nSPS) is 14.0. The highest BCUT2D eigenvalue weighted by Gasteiger charge is 2.32. The Morgan fingerprint density at radius 3 is 2.50 bits per heavy atom. The summed E-state index contributed by atoms with van der Waals surface area (Å²) in [6.45, 7) is 0.00697. The summed E-state index contributed by atoms with van der Waals surface area (Å²) in [6.07, 6.45) is 5.48. The molecule has 0 aromatic heterocycles. The lowest BCUT2D eigenvalue weighted by Gasteiger charge is -2.31. The first-order valence-corrected chi connectivity index (χ1v) is 6.97. The van der Waals surface area contributed by atoms with Crippen LogP contribution in [0.4, 0.5) is 5.69 Å². The van der Waals surface area contributed by atoms with E-state index in [4.69, 9.17) is 25.4 Å². The summed E-state index contributed by atoms with van der Waals surface area (Å²) in [4.78, 5) is 25.7. The van der Waals surface area contributed by atoms with E-state index in [1.54, 1.807) is 18.2 Å². The van der Waals surface area contributed by atoms with Crippen molar-refractivity contribution in [3.63, 3.8) is 0 Å². The fourth-order valence-electron chi connectivity index (χ4n) is 2.32. The summed E-state index contributed by atoms with van der Waals surface area (Å²) in [6, 6.07) is 5.03. The first kappa shape index (κ1) is 17.4. The fourth-order valence-corrected chi connectivity index (χ4v) is 2.32. The van der Waals surface area contributed by atoms with Crippen LogP contribution in [0.25, 0.3) is 0 Å². The summed E-state index contributed by atoms with van der Waals surface area (Å²) < 4.78 is 20.1. The van der Waals surface area contributed by atoms with Crippen LogP contribution in [0.2, 0.25) is 0 Å². The SMILES string of the molecule is C#Cc1cc(N2COCC(C(=O)OC)=C2C(=O)OC)ccc1OC. The van der Waals surface area contributed by atoms with E-state index in [1.807, 2.05) is 0 Å². The molecule has 1 aromatic rings. The number of hydrogen-bond acceptors (Lipinski definition) is 7. The molecule has 0 N–H and O–H groups in total. The number of benzene rings is 1. The standard InChI is InChI=1S/C17H17NO6/c1-5-11-8-12(6-7-14(11)21-2)18-10-24-9-13(16(19)22-3)15(18)17(20)23-4/h1,6-8H,9-10H2,2-4H3. The van der Waals surface area contributed by atoms with Gasteiger partial charge >= 0.3 is 11.9 Å². The Balaban J connectivity index is 2.57. The molecule has 7 nitrogen and oxygen atoms in total. The Morgan fingerprint density at radius 2 is 1.92 bits per heavy atom. The highest BCUT2D eigenvalue weighted by Crippen LogP contribution is 2.30. The van der Waals surface area contributed by atoms with Crippen LogP contribution in [-0.4, -0.2) is 46.6 Å². The monoisotopic (exact) mass is 331 g/mol. The molecule has 2 rings (SSSR count). The topological polar surface area (TPSA) is 74.3 Å². The molecule has 1 heterocycles. The van der Waals surface area contributed by atoms with Gasteiger partial charge in [0.2, 0.25) is 0 Å².